The van der Waals surface area contributed by atoms with Crippen molar-refractivity contribution in [1.29, 1.82) is 0 Å². The van der Waals surface area contributed by atoms with E-state index in [1.54, 1.807) is 0 Å². The van der Waals surface area contributed by atoms with Crippen LogP contribution < -0.4 is 10.6 Å². The van der Waals surface area contributed by atoms with Crippen LogP contribution in [0, 0.1) is 11.7 Å². The molecule has 2 N–H and O–H groups in total. The van der Waals surface area contributed by atoms with Crippen LogP contribution in [0.4, 0.5) is 10.1 Å². The number of carbonyl (C=O) groups excluding carboxylic acids is 1. The smallest absolute Gasteiger partial charge is 0.238 e. The van der Waals surface area contributed by atoms with Crippen LogP contribution in [-0.4, -0.2) is 27.1 Å². The highest BCUT2D eigenvalue weighted by molar-refractivity contribution is 7.90. The SMILES string of the molecule is CCc1ccc(C(NCC(=O)Nc2cc(S(C)(=O)=O)ccc2F)C(C)C)cc1. The number of halogens is 1. The van der Waals surface area contributed by atoms with Crippen molar-refractivity contribution in [2.45, 2.75) is 38.1 Å². The Morgan fingerprint density at radius 1 is 1.11 bits per heavy atom. The molecule has 2 aromatic carbocycles. The second kappa shape index (κ2) is 9.30. The van der Waals surface area contributed by atoms with Gasteiger partial charge in [0.2, 0.25) is 5.91 Å². The third-order valence-corrected chi connectivity index (χ3v) is 5.65. The van der Waals surface area contributed by atoms with Crippen LogP contribution in [0.5, 0.6) is 0 Å². The van der Waals surface area contributed by atoms with E-state index in [9.17, 15) is 17.6 Å². The Hall–Kier alpha value is -2.25. The Morgan fingerprint density at radius 3 is 2.29 bits per heavy atom. The first-order chi connectivity index (χ1) is 13.1. The van der Waals surface area contributed by atoms with Crippen molar-refractivity contribution >= 4 is 21.4 Å². The average molecular weight is 407 g/mol. The van der Waals surface area contributed by atoms with Crippen molar-refractivity contribution in [1.82, 2.24) is 5.32 Å². The molecule has 152 valence electrons. The molecule has 2 rings (SSSR count). The van der Waals surface area contributed by atoms with Crippen molar-refractivity contribution in [3.05, 3.63) is 59.4 Å². The number of sulfone groups is 1. The highest BCUT2D eigenvalue weighted by atomic mass is 32.2. The lowest BCUT2D eigenvalue weighted by Gasteiger charge is -2.23. The largest absolute Gasteiger partial charge is 0.322 e. The summed E-state index contributed by atoms with van der Waals surface area (Å²) in [6, 6.07) is 11.5. The number of amides is 1. The van der Waals surface area contributed by atoms with E-state index in [0.29, 0.717) is 0 Å². The number of carbonyl (C=O) groups is 1. The van der Waals surface area contributed by atoms with Crippen molar-refractivity contribution < 1.29 is 17.6 Å². The minimum absolute atomic E-state index is 0.0269. The van der Waals surface area contributed by atoms with Crippen molar-refractivity contribution in [3.8, 4) is 0 Å². The molecule has 1 amide bonds. The van der Waals surface area contributed by atoms with E-state index in [-0.39, 0.29) is 29.1 Å². The Labute approximate surface area is 166 Å². The van der Waals surface area contributed by atoms with Crippen molar-refractivity contribution in [2.75, 3.05) is 18.1 Å². The summed E-state index contributed by atoms with van der Waals surface area (Å²) in [5, 5.41) is 5.65. The number of hydrogen-bond acceptors (Lipinski definition) is 4. The van der Waals surface area contributed by atoms with Crippen LogP contribution in [0.1, 0.15) is 37.9 Å². The topological polar surface area (TPSA) is 75.3 Å². The molecule has 0 radical (unpaired) electrons. The zero-order valence-electron chi connectivity index (χ0n) is 16.6. The maximum atomic E-state index is 14.0. The molecule has 28 heavy (non-hydrogen) atoms. The molecule has 1 atom stereocenters. The quantitative estimate of drug-likeness (QED) is 0.655. The lowest BCUT2D eigenvalue weighted by atomic mass is 9.95. The maximum absolute atomic E-state index is 14.0. The predicted octanol–water partition coefficient (Wildman–Crippen LogP) is 3.72. The number of anilines is 1. The van der Waals surface area contributed by atoms with E-state index < -0.39 is 21.6 Å². The summed E-state index contributed by atoms with van der Waals surface area (Å²) in [5.74, 6) is -0.887. The fraction of sp³-hybridized carbons (Fsp3) is 0.381. The maximum Gasteiger partial charge on any atom is 0.238 e. The van der Waals surface area contributed by atoms with Gasteiger partial charge in [-0.1, -0.05) is 45.0 Å². The highest BCUT2D eigenvalue weighted by Crippen LogP contribution is 2.23. The molecule has 0 bridgehead atoms. The second-order valence-corrected chi connectivity index (χ2v) is 9.18. The molecular weight excluding hydrogens is 379 g/mol. The third kappa shape index (κ3) is 5.87. The lowest BCUT2D eigenvalue weighted by Crippen LogP contribution is -2.33. The minimum Gasteiger partial charge on any atom is -0.322 e. The predicted molar refractivity (Wildman–Crippen MR) is 110 cm³/mol. The molecular formula is C21H27FN2O3S. The van der Waals surface area contributed by atoms with E-state index in [1.165, 1.54) is 11.6 Å². The molecule has 0 saturated heterocycles. The molecule has 0 aliphatic heterocycles. The average Bonchev–Trinajstić information content (AvgIpc) is 2.63. The van der Waals surface area contributed by atoms with Crippen molar-refractivity contribution in [2.24, 2.45) is 5.92 Å². The van der Waals surface area contributed by atoms with Gasteiger partial charge in [-0.15, -0.1) is 0 Å². The first kappa shape index (κ1) is 22.0. The summed E-state index contributed by atoms with van der Waals surface area (Å²) in [6.45, 7) is 6.17. The number of rotatable bonds is 8. The molecule has 0 fully saturated rings. The van der Waals surface area contributed by atoms with Crippen LogP contribution in [0.2, 0.25) is 0 Å². The second-order valence-electron chi connectivity index (χ2n) is 7.16. The summed E-state index contributed by atoms with van der Waals surface area (Å²) in [7, 11) is -3.49. The molecule has 1 unspecified atom stereocenters. The van der Waals surface area contributed by atoms with E-state index in [4.69, 9.17) is 0 Å². The Morgan fingerprint density at radius 2 is 1.75 bits per heavy atom. The van der Waals surface area contributed by atoms with Gasteiger partial charge < -0.3 is 10.6 Å². The lowest BCUT2D eigenvalue weighted by molar-refractivity contribution is -0.115. The van der Waals surface area contributed by atoms with E-state index in [1.807, 2.05) is 12.1 Å². The molecule has 5 nitrogen and oxygen atoms in total. The fourth-order valence-corrected chi connectivity index (χ4v) is 3.57. The van der Waals surface area contributed by atoms with Gasteiger partial charge in [0.25, 0.3) is 0 Å². The Balaban J connectivity index is 2.07. The number of benzene rings is 2. The molecule has 0 saturated carbocycles. The van der Waals surface area contributed by atoms with E-state index >= 15 is 0 Å². The number of aryl methyl sites for hydroxylation is 1. The molecule has 0 aromatic heterocycles. The minimum atomic E-state index is -3.49. The Bertz CT molecular complexity index is 925. The van der Waals surface area contributed by atoms with Gasteiger partial charge >= 0.3 is 0 Å². The summed E-state index contributed by atoms with van der Waals surface area (Å²) in [5.41, 5.74) is 2.17. The molecule has 2 aromatic rings. The molecule has 0 spiro atoms. The summed E-state index contributed by atoms with van der Waals surface area (Å²) in [4.78, 5) is 12.2. The summed E-state index contributed by atoms with van der Waals surface area (Å²) in [6.07, 6.45) is 1.99. The molecule has 0 heterocycles. The van der Waals surface area contributed by atoms with Crippen LogP contribution in [-0.2, 0) is 21.1 Å². The van der Waals surface area contributed by atoms with Crippen LogP contribution in [0.25, 0.3) is 0 Å². The summed E-state index contributed by atoms with van der Waals surface area (Å²) < 4.78 is 37.2. The van der Waals surface area contributed by atoms with Gasteiger partial charge in [0.1, 0.15) is 5.82 Å². The number of nitrogens with one attached hydrogen (secondary N) is 2. The molecule has 0 aliphatic carbocycles. The molecule has 7 heteroatoms. The zero-order chi connectivity index (χ0) is 20.9. The standard InChI is InChI=1S/C21H27FN2O3S/c1-5-15-6-8-16(9-7-15)21(14(2)3)23-13-20(25)24-19-12-17(28(4,26)27)10-11-18(19)22/h6-12,14,21,23H,5,13H2,1-4H3,(H,24,25). The van der Waals surface area contributed by atoms with Gasteiger partial charge in [0, 0.05) is 12.3 Å². The van der Waals surface area contributed by atoms with Crippen LogP contribution in [0.3, 0.4) is 0 Å². The molecule has 0 aliphatic rings. The van der Waals surface area contributed by atoms with Crippen LogP contribution >= 0.6 is 0 Å². The van der Waals surface area contributed by atoms with Gasteiger partial charge in [-0.25, -0.2) is 12.8 Å². The van der Waals surface area contributed by atoms with Crippen molar-refractivity contribution in [3.63, 3.8) is 0 Å². The van der Waals surface area contributed by atoms with Crippen LogP contribution in [0.15, 0.2) is 47.4 Å². The van der Waals surface area contributed by atoms with E-state index in [2.05, 4.69) is 43.5 Å². The van der Waals surface area contributed by atoms with Gasteiger partial charge in [0.05, 0.1) is 17.1 Å². The number of hydrogen-bond donors (Lipinski definition) is 2. The first-order valence-electron chi connectivity index (χ1n) is 9.23. The van der Waals surface area contributed by atoms with E-state index in [0.717, 1.165) is 30.4 Å². The van der Waals surface area contributed by atoms with Gasteiger partial charge in [-0.2, -0.15) is 0 Å². The zero-order valence-corrected chi connectivity index (χ0v) is 17.4. The highest BCUT2D eigenvalue weighted by Gasteiger charge is 2.18. The monoisotopic (exact) mass is 406 g/mol. The Kier molecular flexibility index (Phi) is 7.32. The summed E-state index contributed by atoms with van der Waals surface area (Å²) >= 11 is 0. The van der Waals surface area contributed by atoms with Gasteiger partial charge in [-0.05, 0) is 41.7 Å². The first-order valence-corrected chi connectivity index (χ1v) is 11.1. The third-order valence-electron chi connectivity index (χ3n) is 4.54. The van der Waals surface area contributed by atoms with Gasteiger partial charge in [0.15, 0.2) is 9.84 Å². The normalized spacial score (nSPS) is 12.8. The van der Waals surface area contributed by atoms with Gasteiger partial charge in [-0.3, -0.25) is 4.79 Å². The fourth-order valence-electron chi connectivity index (χ4n) is 2.93.